The molecule has 31 heavy (non-hydrogen) atoms. The molecule has 2 aromatic carbocycles. The van der Waals surface area contributed by atoms with Crippen molar-refractivity contribution < 1.29 is 41.7 Å². The molecule has 0 unspecified atom stereocenters. The molecule has 0 fully saturated rings. The summed E-state index contributed by atoms with van der Waals surface area (Å²) in [5.41, 5.74) is -0.477. The van der Waals surface area contributed by atoms with Gasteiger partial charge >= 0.3 is 12.1 Å². The van der Waals surface area contributed by atoms with Crippen LogP contribution in [-0.2, 0) is 26.9 Å². The quantitative estimate of drug-likeness (QED) is 0.627. The Hall–Kier alpha value is -3.43. The number of methoxy groups -OCH3 is 3. The molecule has 168 valence electrons. The van der Waals surface area contributed by atoms with Crippen LogP contribution < -0.4 is 19.5 Å². The third-order valence-electron chi connectivity index (χ3n) is 4.21. The molecule has 0 aromatic heterocycles. The summed E-state index contributed by atoms with van der Waals surface area (Å²) >= 11 is 0. The summed E-state index contributed by atoms with van der Waals surface area (Å²) in [6, 6.07) is 7.28. The van der Waals surface area contributed by atoms with E-state index in [2.05, 4.69) is 5.32 Å². The molecule has 0 bridgehead atoms. The van der Waals surface area contributed by atoms with E-state index in [4.69, 9.17) is 18.9 Å². The summed E-state index contributed by atoms with van der Waals surface area (Å²) in [6.45, 7) is 1.32. The first-order chi connectivity index (χ1) is 14.6. The van der Waals surface area contributed by atoms with Crippen molar-refractivity contribution in [3.8, 4) is 17.2 Å². The maximum atomic E-state index is 12.8. The number of carbonyl (C=O) groups excluding carboxylic acids is 2. The van der Waals surface area contributed by atoms with Crippen LogP contribution in [0.5, 0.6) is 17.2 Å². The number of ether oxygens (including phenoxy) is 4. The van der Waals surface area contributed by atoms with E-state index in [1.165, 1.54) is 40.4 Å². The molecule has 0 aliphatic heterocycles. The number of benzene rings is 2. The van der Waals surface area contributed by atoms with Crippen molar-refractivity contribution in [2.45, 2.75) is 25.6 Å². The lowest BCUT2D eigenvalue weighted by Gasteiger charge is -2.16. The number of nitrogens with one attached hydrogen (secondary N) is 1. The molecular formula is C21H22F3NO6. The van der Waals surface area contributed by atoms with Crippen LogP contribution in [0, 0.1) is 0 Å². The molecule has 1 N–H and O–H groups in total. The average Bonchev–Trinajstić information content (AvgIpc) is 2.72. The van der Waals surface area contributed by atoms with Gasteiger partial charge in [0.05, 0.1) is 33.3 Å². The Morgan fingerprint density at radius 1 is 1.00 bits per heavy atom. The minimum Gasteiger partial charge on any atom is -0.493 e. The minimum absolute atomic E-state index is 0.0626. The topological polar surface area (TPSA) is 83.1 Å². The molecule has 0 radical (unpaired) electrons. The van der Waals surface area contributed by atoms with Crippen LogP contribution in [0.2, 0.25) is 0 Å². The molecule has 0 heterocycles. The zero-order valence-electron chi connectivity index (χ0n) is 17.3. The Kier molecular flexibility index (Phi) is 7.73. The lowest BCUT2D eigenvalue weighted by Crippen LogP contribution is -2.30. The number of anilines is 1. The van der Waals surface area contributed by atoms with Gasteiger partial charge in [-0.25, -0.2) is 0 Å². The summed E-state index contributed by atoms with van der Waals surface area (Å²) in [7, 11) is 4.30. The number of rotatable bonds is 8. The summed E-state index contributed by atoms with van der Waals surface area (Å²) in [5.74, 6) is -0.436. The van der Waals surface area contributed by atoms with Crippen molar-refractivity contribution in [3.05, 3.63) is 47.5 Å². The van der Waals surface area contributed by atoms with Gasteiger partial charge in [-0.05, 0) is 42.8 Å². The van der Waals surface area contributed by atoms with E-state index in [0.717, 1.165) is 12.1 Å². The summed E-state index contributed by atoms with van der Waals surface area (Å²) in [4.78, 5) is 24.5. The van der Waals surface area contributed by atoms with Gasteiger partial charge in [-0.3, -0.25) is 9.59 Å². The SMILES string of the molecule is COc1cc(CC(=O)O[C@H](C)C(=O)Nc2cccc(C(F)(F)F)c2)cc(OC)c1OC. The fourth-order valence-corrected chi connectivity index (χ4v) is 2.71. The maximum absolute atomic E-state index is 12.8. The minimum atomic E-state index is -4.54. The highest BCUT2D eigenvalue weighted by Crippen LogP contribution is 2.38. The number of halogens is 3. The fraction of sp³-hybridized carbons (Fsp3) is 0.333. The Bertz CT molecular complexity index is 920. The van der Waals surface area contributed by atoms with Crippen LogP contribution >= 0.6 is 0 Å². The van der Waals surface area contributed by atoms with Crippen molar-refractivity contribution in [3.63, 3.8) is 0 Å². The largest absolute Gasteiger partial charge is 0.493 e. The van der Waals surface area contributed by atoms with Gasteiger partial charge in [-0.1, -0.05) is 6.07 Å². The zero-order valence-corrected chi connectivity index (χ0v) is 17.3. The Labute approximate surface area is 177 Å². The van der Waals surface area contributed by atoms with Crippen LogP contribution in [-0.4, -0.2) is 39.3 Å². The molecule has 0 spiro atoms. The number of esters is 1. The van der Waals surface area contributed by atoms with E-state index >= 15 is 0 Å². The smallest absolute Gasteiger partial charge is 0.416 e. The van der Waals surface area contributed by atoms with Crippen LogP contribution in [0.15, 0.2) is 36.4 Å². The number of carbonyl (C=O) groups is 2. The van der Waals surface area contributed by atoms with E-state index in [9.17, 15) is 22.8 Å². The van der Waals surface area contributed by atoms with Gasteiger partial charge in [-0.2, -0.15) is 13.2 Å². The summed E-state index contributed by atoms with van der Waals surface area (Å²) in [6.07, 6.45) is -5.97. The standard InChI is InChI=1S/C21H22F3NO6/c1-12(20(27)25-15-7-5-6-14(11-15)21(22,23)24)31-18(26)10-13-8-16(28-2)19(30-4)17(9-13)29-3/h5-9,11-12H,10H2,1-4H3,(H,25,27)/t12-/m1/s1. The van der Waals surface area contributed by atoms with E-state index in [1.807, 2.05) is 0 Å². The first kappa shape index (κ1) is 23.8. The van der Waals surface area contributed by atoms with Gasteiger partial charge in [0.2, 0.25) is 5.75 Å². The lowest BCUT2D eigenvalue weighted by atomic mass is 10.1. The van der Waals surface area contributed by atoms with E-state index in [1.54, 1.807) is 12.1 Å². The highest BCUT2D eigenvalue weighted by molar-refractivity contribution is 5.95. The third-order valence-corrected chi connectivity index (χ3v) is 4.21. The molecule has 10 heteroatoms. The Morgan fingerprint density at radius 3 is 2.13 bits per heavy atom. The van der Waals surface area contributed by atoms with Crippen LogP contribution in [0.4, 0.5) is 18.9 Å². The van der Waals surface area contributed by atoms with Crippen LogP contribution in [0.1, 0.15) is 18.1 Å². The first-order valence-corrected chi connectivity index (χ1v) is 9.05. The van der Waals surface area contributed by atoms with Crippen molar-refractivity contribution in [2.75, 3.05) is 26.6 Å². The number of alkyl halides is 3. The average molecular weight is 441 g/mol. The second-order valence-electron chi connectivity index (χ2n) is 6.41. The summed E-state index contributed by atoms with van der Waals surface area (Å²) < 4.78 is 59.1. The van der Waals surface area contributed by atoms with Crippen molar-refractivity contribution in [2.24, 2.45) is 0 Å². The molecule has 0 aliphatic carbocycles. The first-order valence-electron chi connectivity index (χ1n) is 9.05. The molecule has 1 amide bonds. The predicted octanol–water partition coefficient (Wildman–Crippen LogP) is 3.84. The summed E-state index contributed by atoms with van der Waals surface area (Å²) in [5, 5.41) is 2.30. The van der Waals surface area contributed by atoms with Gasteiger partial charge in [0.15, 0.2) is 17.6 Å². The van der Waals surface area contributed by atoms with Crippen molar-refractivity contribution in [1.82, 2.24) is 0 Å². The van der Waals surface area contributed by atoms with Crippen LogP contribution in [0.25, 0.3) is 0 Å². The van der Waals surface area contributed by atoms with E-state index in [0.29, 0.717) is 22.8 Å². The molecule has 0 aliphatic rings. The van der Waals surface area contributed by atoms with Gasteiger partial charge in [0, 0.05) is 5.69 Å². The second kappa shape index (κ2) is 10.1. The lowest BCUT2D eigenvalue weighted by molar-refractivity contribution is -0.152. The monoisotopic (exact) mass is 441 g/mol. The molecule has 1 atom stereocenters. The predicted molar refractivity (Wildman–Crippen MR) is 105 cm³/mol. The van der Waals surface area contributed by atoms with Gasteiger partial charge in [-0.15, -0.1) is 0 Å². The number of hydrogen-bond donors (Lipinski definition) is 1. The van der Waals surface area contributed by atoms with Gasteiger partial charge < -0.3 is 24.3 Å². The molecule has 2 rings (SSSR count). The fourth-order valence-electron chi connectivity index (χ4n) is 2.71. The zero-order chi connectivity index (χ0) is 23.2. The maximum Gasteiger partial charge on any atom is 0.416 e. The van der Waals surface area contributed by atoms with Crippen molar-refractivity contribution >= 4 is 17.6 Å². The van der Waals surface area contributed by atoms with Crippen molar-refractivity contribution in [1.29, 1.82) is 0 Å². The Balaban J connectivity index is 2.03. The highest BCUT2D eigenvalue weighted by atomic mass is 19.4. The van der Waals surface area contributed by atoms with Gasteiger partial charge in [0.25, 0.3) is 5.91 Å². The molecular weight excluding hydrogens is 419 g/mol. The van der Waals surface area contributed by atoms with Gasteiger partial charge in [0.1, 0.15) is 0 Å². The molecule has 0 saturated heterocycles. The second-order valence-corrected chi connectivity index (χ2v) is 6.41. The van der Waals surface area contributed by atoms with E-state index < -0.39 is 29.7 Å². The number of hydrogen-bond acceptors (Lipinski definition) is 6. The van der Waals surface area contributed by atoms with Crippen LogP contribution in [0.3, 0.4) is 0 Å². The normalized spacial score (nSPS) is 12.0. The number of amides is 1. The Morgan fingerprint density at radius 2 is 1.61 bits per heavy atom. The molecule has 7 nitrogen and oxygen atoms in total. The highest BCUT2D eigenvalue weighted by Gasteiger charge is 2.30. The third kappa shape index (κ3) is 6.27. The molecule has 0 saturated carbocycles. The molecule has 2 aromatic rings. The van der Waals surface area contributed by atoms with E-state index in [-0.39, 0.29) is 12.1 Å².